The molecule has 0 aliphatic heterocycles. The summed E-state index contributed by atoms with van der Waals surface area (Å²) in [6, 6.07) is 7.26. The van der Waals surface area contributed by atoms with Crippen molar-refractivity contribution in [3.05, 3.63) is 35.5 Å². The smallest absolute Gasteiger partial charge is 0.268 e. The van der Waals surface area contributed by atoms with Gasteiger partial charge >= 0.3 is 0 Å². The van der Waals surface area contributed by atoms with Gasteiger partial charge in [-0.25, -0.2) is 0 Å². The number of benzene rings is 1. The van der Waals surface area contributed by atoms with Crippen LogP contribution in [0, 0.1) is 0 Å². The first-order valence-corrected chi connectivity index (χ1v) is 5.33. The van der Waals surface area contributed by atoms with Crippen molar-refractivity contribution in [1.82, 2.24) is 4.98 Å². The first kappa shape index (κ1) is 11.2. The highest BCUT2D eigenvalue weighted by atomic mass is 35.5. The average Bonchev–Trinajstić information content (AvgIpc) is 2.57. The van der Waals surface area contributed by atoms with E-state index in [0.29, 0.717) is 5.56 Å². The van der Waals surface area contributed by atoms with Crippen molar-refractivity contribution in [3.8, 4) is 0 Å². The molecular weight excluding hydrogens is 249 g/mol. The molecule has 1 aromatic heterocycles. The fourth-order valence-electron chi connectivity index (χ4n) is 1.69. The van der Waals surface area contributed by atoms with E-state index in [1.807, 2.05) is 18.2 Å². The minimum atomic E-state index is -0.621. The maximum absolute atomic E-state index is 11.2. The summed E-state index contributed by atoms with van der Waals surface area (Å²) in [6.07, 6.45) is -0.0145. The Morgan fingerprint density at radius 2 is 1.88 bits per heavy atom. The molecule has 0 saturated carbocycles. The SMILES string of the molecule is O=C(Cl)Cc1c(C(=O)Cl)[nH]c2ccccc12. The number of rotatable bonds is 3. The molecule has 0 aliphatic carbocycles. The van der Waals surface area contributed by atoms with Gasteiger partial charge in [-0.1, -0.05) is 18.2 Å². The van der Waals surface area contributed by atoms with E-state index in [-0.39, 0.29) is 12.1 Å². The van der Waals surface area contributed by atoms with Gasteiger partial charge in [-0.15, -0.1) is 0 Å². The van der Waals surface area contributed by atoms with Crippen LogP contribution in [0.2, 0.25) is 0 Å². The van der Waals surface area contributed by atoms with Crippen LogP contribution in [0.25, 0.3) is 10.9 Å². The number of nitrogens with one attached hydrogen (secondary N) is 1. The topological polar surface area (TPSA) is 49.9 Å². The molecular formula is C11H7Cl2NO2. The first-order valence-electron chi connectivity index (χ1n) is 4.57. The van der Waals surface area contributed by atoms with E-state index in [1.54, 1.807) is 6.07 Å². The summed E-state index contributed by atoms with van der Waals surface area (Å²) in [6.45, 7) is 0. The number of carbonyl (C=O) groups is 2. The van der Waals surface area contributed by atoms with Crippen LogP contribution in [0.4, 0.5) is 0 Å². The van der Waals surface area contributed by atoms with Gasteiger partial charge in [-0.2, -0.15) is 0 Å². The number of aromatic amines is 1. The fraction of sp³-hybridized carbons (Fsp3) is 0.0909. The summed E-state index contributed by atoms with van der Waals surface area (Å²) in [5, 5.41) is -0.353. The van der Waals surface area contributed by atoms with E-state index in [0.717, 1.165) is 10.9 Å². The number of halogens is 2. The second-order valence-electron chi connectivity index (χ2n) is 3.33. The molecule has 0 saturated heterocycles. The Labute approximate surface area is 101 Å². The van der Waals surface area contributed by atoms with E-state index in [9.17, 15) is 9.59 Å². The molecule has 0 aliphatic rings. The largest absolute Gasteiger partial charge is 0.351 e. The Morgan fingerprint density at radius 3 is 2.50 bits per heavy atom. The summed E-state index contributed by atoms with van der Waals surface area (Å²) >= 11 is 10.8. The summed E-state index contributed by atoms with van der Waals surface area (Å²) in [5.74, 6) is 0. The molecule has 0 spiro atoms. The molecule has 3 nitrogen and oxygen atoms in total. The third kappa shape index (κ3) is 1.96. The van der Waals surface area contributed by atoms with Gasteiger partial charge in [0.05, 0.1) is 0 Å². The molecule has 1 heterocycles. The Kier molecular flexibility index (Phi) is 2.99. The third-order valence-electron chi connectivity index (χ3n) is 2.33. The lowest BCUT2D eigenvalue weighted by atomic mass is 10.1. The van der Waals surface area contributed by atoms with E-state index in [1.165, 1.54) is 0 Å². The minimum absolute atomic E-state index is 0.0145. The van der Waals surface area contributed by atoms with Crippen LogP contribution in [-0.4, -0.2) is 15.5 Å². The van der Waals surface area contributed by atoms with Crippen LogP contribution >= 0.6 is 23.2 Å². The predicted octanol–water partition coefficient (Wildman–Crippen LogP) is 2.85. The molecule has 5 heteroatoms. The zero-order chi connectivity index (χ0) is 11.7. The molecule has 0 atom stereocenters. The van der Waals surface area contributed by atoms with Crippen LogP contribution in [0.3, 0.4) is 0 Å². The van der Waals surface area contributed by atoms with Crippen molar-refractivity contribution in [3.63, 3.8) is 0 Å². The molecule has 16 heavy (non-hydrogen) atoms. The highest BCUT2D eigenvalue weighted by Gasteiger charge is 2.17. The molecule has 0 bridgehead atoms. The zero-order valence-corrected chi connectivity index (χ0v) is 9.60. The van der Waals surface area contributed by atoms with Gasteiger partial charge in [0.1, 0.15) is 5.69 Å². The van der Waals surface area contributed by atoms with Gasteiger partial charge in [0.25, 0.3) is 5.24 Å². The lowest BCUT2D eigenvalue weighted by molar-refractivity contribution is -0.111. The van der Waals surface area contributed by atoms with Crippen molar-refractivity contribution in [2.24, 2.45) is 0 Å². The molecule has 1 N–H and O–H groups in total. The van der Waals surface area contributed by atoms with Gasteiger partial charge in [-0.3, -0.25) is 9.59 Å². The average molecular weight is 256 g/mol. The van der Waals surface area contributed by atoms with Crippen molar-refractivity contribution >= 4 is 44.6 Å². The van der Waals surface area contributed by atoms with Crippen molar-refractivity contribution < 1.29 is 9.59 Å². The maximum atomic E-state index is 11.2. The van der Waals surface area contributed by atoms with Crippen molar-refractivity contribution in [2.75, 3.05) is 0 Å². The summed E-state index contributed by atoms with van der Waals surface area (Å²) in [4.78, 5) is 25.0. The third-order valence-corrected chi connectivity index (χ3v) is 2.65. The van der Waals surface area contributed by atoms with Gasteiger partial charge in [-0.05, 0) is 34.8 Å². The fourth-order valence-corrected chi connectivity index (χ4v) is 1.99. The molecule has 0 radical (unpaired) electrons. The Morgan fingerprint density at radius 1 is 1.19 bits per heavy atom. The number of hydrogen-bond donors (Lipinski definition) is 1. The Hall–Kier alpha value is -1.32. The molecule has 2 aromatic rings. The lowest BCUT2D eigenvalue weighted by Gasteiger charge is -1.96. The number of para-hydroxylation sites is 1. The second kappa shape index (κ2) is 4.28. The van der Waals surface area contributed by atoms with Crippen LogP contribution < -0.4 is 0 Å². The van der Waals surface area contributed by atoms with Gasteiger partial charge in [0, 0.05) is 17.3 Å². The standard InChI is InChI=1S/C11H7Cl2NO2/c12-9(15)5-7-6-3-1-2-4-8(6)14-10(7)11(13)16/h1-4,14H,5H2. The van der Waals surface area contributed by atoms with Crippen molar-refractivity contribution in [1.29, 1.82) is 0 Å². The Bertz CT molecular complexity index is 574. The van der Waals surface area contributed by atoms with Crippen LogP contribution in [0.15, 0.2) is 24.3 Å². The molecule has 82 valence electrons. The lowest BCUT2D eigenvalue weighted by Crippen LogP contribution is -2.00. The molecule has 2 rings (SSSR count). The van der Waals surface area contributed by atoms with Gasteiger partial charge in [0.15, 0.2) is 0 Å². The quantitative estimate of drug-likeness (QED) is 0.858. The first-order chi connectivity index (χ1) is 7.59. The van der Waals surface area contributed by atoms with E-state index >= 15 is 0 Å². The van der Waals surface area contributed by atoms with Crippen LogP contribution in [0.5, 0.6) is 0 Å². The second-order valence-corrected chi connectivity index (χ2v) is 4.09. The number of carbonyl (C=O) groups excluding carboxylic acids is 2. The Balaban J connectivity index is 2.69. The predicted molar refractivity (Wildman–Crippen MR) is 63.0 cm³/mol. The highest BCUT2D eigenvalue weighted by Crippen LogP contribution is 2.24. The van der Waals surface area contributed by atoms with E-state index in [4.69, 9.17) is 23.2 Å². The number of hydrogen-bond acceptors (Lipinski definition) is 2. The van der Waals surface area contributed by atoms with E-state index < -0.39 is 10.5 Å². The number of fused-ring (bicyclic) bond motifs is 1. The van der Waals surface area contributed by atoms with Crippen molar-refractivity contribution in [2.45, 2.75) is 6.42 Å². The molecule has 0 amide bonds. The molecule has 0 unspecified atom stereocenters. The molecule has 0 fully saturated rings. The van der Waals surface area contributed by atoms with Crippen LogP contribution in [0.1, 0.15) is 16.1 Å². The summed E-state index contributed by atoms with van der Waals surface area (Å²) in [7, 11) is 0. The van der Waals surface area contributed by atoms with E-state index in [2.05, 4.69) is 4.98 Å². The van der Waals surface area contributed by atoms with Gasteiger partial charge < -0.3 is 4.98 Å². The monoisotopic (exact) mass is 255 g/mol. The number of H-pyrrole nitrogens is 1. The maximum Gasteiger partial charge on any atom is 0.268 e. The number of aromatic nitrogens is 1. The van der Waals surface area contributed by atoms with Crippen LogP contribution in [-0.2, 0) is 11.2 Å². The minimum Gasteiger partial charge on any atom is -0.351 e. The summed E-state index contributed by atoms with van der Waals surface area (Å²) < 4.78 is 0. The van der Waals surface area contributed by atoms with Gasteiger partial charge in [0.2, 0.25) is 5.24 Å². The summed E-state index contributed by atoms with van der Waals surface area (Å²) in [5.41, 5.74) is 1.55. The normalized spacial score (nSPS) is 10.6. The molecule has 1 aromatic carbocycles. The highest BCUT2D eigenvalue weighted by molar-refractivity contribution is 6.68. The zero-order valence-electron chi connectivity index (χ0n) is 8.09.